The van der Waals surface area contributed by atoms with Crippen LogP contribution in [0, 0.1) is 6.92 Å². The number of nitrogens with zero attached hydrogens (tertiary/aromatic N) is 2. The molecule has 2 aromatic rings. The number of ether oxygens (including phenoxy) is 1. The Morgan fingerprint density at radius 2 is 2.29 bits per heavy atom. The minimum Gasteiger partial charge on any atom is -0.463 e. The van der Waals surface area contributed by atoms with Crippen molar-refractivity contribution in [2.24, 2.45) is 0 Å². The fraction of sp³-hybridized carbons (Fsp3) is 0.222. The van der Waals surface area contributed by atoms with Crippen molar-refractivity contribution in [3.8, 4) is 0 Å². The van der Waals surface area contributed by atoms with E-state index in [1.807, 2.05) is 13.0 Å². The van der Waals surface area contributed by atoms with Crippen molar-refractivity contribution in [3.05, 3.63) is 23.8 Å². The first kappa shape index (κ1) is 8.68. The largest absolute Gasteiger partial charge is 0.463 e. The third kappa shape index (κ3) is 1.22. The SMILES string of the molecule is COC(=O)c1nc(C)c2cc[nH]c2n1. The highest BCUT2D eigenvalue weighted by molar-refractivity contribution is 5.88. The molecule has 0 bridgehead atoms. The van der Waals surface area contributed by atoms with Crippen LogP contribution in [-0.2, 0) is 4.74 Å². The zero-order valence-electron chi connectivity index (χ0n) is 7.87. The van der Waals surface area contributed by atoms with Crippen molar-refractivity contribution in [2.75, 3.05) is 7.11 Å². The van der Waals surface area contributed by atoms with Crippen molar-refractivity contribution >= 4 is 17.0 Å². The van der Waals surface area contributed by atoms with Gasteiger partial charge in [0.05, 0.1) is 12.8 Å². The minimum absolute atomic E-state index is 0.0833. The van der Waals surface area contributed by atoms with E-state index in [-0.39, 0.29) is 5.82 Å². The van der Waals surface area contributed by atoms with Crippen LogP contribution in [0.25, 0.3) is 11.0 Å². The molecule has 14 heavy (non-hydrogen) atoms. The molecule has 2 aromatic heterocycles. The van der Waals surface area contributed by atoms with E-state index in [9.17, 15) is 4.79 Å². The van der Waals surface area contributed by atoms with Crippen LogP contribution in [0.5, 0.6) is 0 Å². The monoisotopic (exact) mass is 191 g/mol. The topological polar surface area (TPSA) is 67.9 Å². The van der Waals surface area contributed by atoms with Gasteiger partial charge in [0.25, 0.3) is 0 Å². The Hall–Kier alpha value is -1.91. The lowest BCUT2D eigenvalue weighted by Gasteiger charge is -1.99. The van der Waals surface area contributed by atoms with Gasteiger partial charge in [-0.1, -0.05) is 0 Å². The van der Waals surface area contributed by atoms with Gasteiger partial charge < -0.3 is 9.72 Å². The van der Waals surface area contributed by atoms with E-state index in [2.05, 4.69) is 19.7 Å². The maximum absolute atomic E-state index is 11.2. The maximum atomic E-state index is 11.2. The van der Waals surface area contributed by atoms with Gasteiger partial charge in [-0.3, -0.25) is 0 Å². The van der Waals surface area contributed by atoms with E-state index in [1.165, 1.54) is 7.11 Å². The highest BCUT2D eigenvalue weighted by Gasteiger charge is 2.12. The Morgan fingerprint density at radius 3 is 3.00 bits per heavy atom. The summed E-state index contributed by atoms with van der Waals surface area (Å²) in [5.74, 6) is -0.440. The van der Waals surface area contributed by atoms with Crippen LogP contribution in [0.4, 0.5) is 0 Å². The maximum Gasteiger partial charge on any atom is 0.376 e. The van der Waals surface area contributed by atoms with Crippen molar-refractivity contribution < 1.29 is 9.53 Å². The number of fused-ring (bicyclic) bond motifs is 1. The molecule has 1 N–H and O–H groups in total. The van der Waals surface area contributed by atoms with Crippen LogP contribution in [0.2, 0.25) is 0 Å². The van der Waals surface area contributed by atoms with Gasteiger partial charge in [-0.25, -0.2) is 14.8 Å². The summed E-state index contributed by atoms with van der Waals surface area (Å²) in [5.41, 5.74) is 1.41. The van der Waals surface area contributed by atoms with Gasteiger partial charge in [0.1, 0.15) is 5.65 Å². The Balaban J connectivity index is 2.64. The highest BCUT2D eigenvalue weighted by atomic mass is 16.5. The molecule has 0 atom stereocenters. The standard InChI is InChI=1S/C9H9N3O2/c1-5-6-3-4-10-7(6)12-8(11-5)9(13)14-2/h3-4H,1-2H3,(H,10,11,12). The second-order valence-corrected chi connectivity index (χ2v) is 2.86. The molecular formula is C9H9N3O2. The summed E-state index contributed by atoms with van der Waals surface area (Å²) in [6.07, 6.45) is 1.76. The summed E-state index contributed by atoms with van der Waals surface area (Å²) >= 11 is 0. The molecule has 0 fully saturated rings. The molecular weight excluding hydrogens is 182 g/mol. The van der Waals surface area contributed by atoms with Gasteiger partial charge in [-0.05, 0) is 13.0 Å². The normalized spacial score (nSPS) is 10.4. The van der Waals surface area contributed by atoms with E-state index < -0.39 is 5.97 Å². The zero-order valence-corrected chi connectivity index (χ0v) is 7.87. The summed E-state index contributed by atoms with van der Waals surface area (Å²) in [5, 5.41) is 0.914. The molecule has 2 heterocycles. The van der Waals surface area contributed by atoms with Crippen LogP contribution in [0.15, 0.2) is 12.3 Å². The number of hydrogen-bond acceptors (Lipinski definition) is 4. The van der Waals surface area contributed by atoms with Gasteiger partial charge in [0, 0.05) is 11.6 Å². The van der Waals surface area contributed by atoms with Crippen LogP contribution < -0.4 is 0 Å². The summed E-state index contributed by atoms with van der Waals surface area (Å²) in [6.45, 7) is 1.82. The Bertz CT molecular complexity index is 490. The Morgan fingerprint density at radius 1 is 1.50 bits per heavy atom. The van der Waals surface area contributed by atoms with Crippen molar-refractivity contribution in [2.45, 2.75) is 6.92 Å². The van der Waals surface area contributed by atoms with E-state index >= 15 is 0 Å². The first-order valence-electron chi connectivity index (χ1n) is 4.12. The number of H-pyrrole nitrogens is 1. The molecule has 0 saturated heterocycles. The summed E-state index contributed by atoms with van der Waals surface area (Å²) in [7, 11) is 1.31. The third-order valence-electron chi connectivity index (χ3n) is 1.97. The van der Waals surface area contributed by atoms with Gasteiger partial charge in [-0.2, -0.15) is 0 Å². The van der Waals surface area contributed by atoms with Gasteiger partial charge in [0.2, 0.25) is 5.82 Å². The molecule has 0 aliphatic rings. The molecule has 0 unspecified atom stereocenters. The molecule has 0 aliphatic carbocycles. The van der Waals surface area contributed by atoms with E-state index in [1.54, 1.807) is 6.20 Å². The number of hydrogen-bond donors (Lipinski definition) is 1. The van der Waals surface area contributed by atoms with E-state index in [0.717, 1.165) is 11.1 Å². The first-order chi connectivity index (χ1) is 6.72. The minimum atomic E-state index is -0.524. The van der Waals surface area contributed by atoms with Crippen molar-refractivity contribution in [1.29, 1.82) is 0 Å². The summed E-state index contributed by atoms with van der Waals surface area (Å²) in [4.78, 5) is 22.2. The van der Waals surface area contributed by atoms with Gasteiger partial charge >= 0.3 is 5.97 Å². The number of aryl methyl sites for hydroxylation is 1. The molecule has 0 aromatic carbocycles. The van der Waals surface area contributed by atoms with Crippen LogP contribution in [-0.4, -0.2) is 28.0 Å². The predicted molar refractivity (Wildman–Crippen MR) is 50.0 cm³/mol. The quantitative estimate of drug-likeness (QED) is 0.684. The first-order valence-corrected chi connectivity index (χ1v) is 4.12. The molecule has 72 valence electrons. The highest BCUT2D eigenvalue weighted by Crippen LogP contribution is 2.13. The molecule has 5 nitrogen and oxygen atoms in total. The number of carbonyl (C=O) groups is 1. The van der Waals surface area contributed by atoms with E-state index in [0.29, 0.717) is 5.65 Å². The summed E-state index contributed by atoms with van der Waals surface area (Å²) < 4.78 is 4.54. The van der Waals surface area contributed by atoms with Crippen LogP contribution >= 0.6 is 0 Å². The number of rotatable bonds is 1. The smallest absolute Gasteiger partial charge is 0.376 e. The third-order valence-corrected chi connectivity index (χ3v) is 1.97. The Labute approximate surface area is 80.1 Å². The lowest BCUT2D eigenvalue weighted by Crippen LogP contribution is -2.08. The number of esters is 1. The number of nitrogens with one attached hydrogen (secondary N) is 1. The zero-order chi connectivity index (χ0) is 10.1. The average molecular weight is 191 g/mol. The number of aromatic amines is 1. The molecule has 5 heteroatoms. The van der Waals surface area contributed by atoms with E-state index in [4.69, 9.17) is 0 Å². The molecule has 0 saturated carbocycles. The average Bonchev–Trinajstić information content (AvgIpc) is 2.64. The lowest BCUT2D eigenvalue weighted by molar-refractivity contribution is 0.0587. The number of carbonyl (C=O) groups excluding carboxylic acids is 1. The van der Waals surface area contributed by atoms with Gasteiger partial charge in [0.15, 0.2) is 0 Å². The second kappa shape index (κ2) is 3.10. The molecule has 0 spiro atoms. The fourth-order valence-corrected chi connectivity index (χ4v) is 1.28. The molecule has 0 radical (unpaired) electrons. The number of aromatic nitrogens is 3. The molecule has 0 amide bonds. The molecule has 2 rings (SSSR count). The fourth-order valence-electron chi connectivity index (χ4n) is 1.28. The van der Waals surface area contributed by atoms with Crippen LogP contribution in [0.3, 0.4) is 0 Å². The number of methoxy groups -OCH3 is 1. The second-order valence-electron chi connectivity index (χ2n) is 2.86. The lowest BCUT2D eigenvalue weighted by atomic mass is 10.3. The summed E-state index contributed by atoms with van der Waals surface area (Å²) in [6, 6.07) is 1.87. The Kier molecular flexibility index (Phi) is 1.92. The molecule has 0 aliphatic heterocycles. The van der Waals surface area contributed by atoms with Crippen molar-refractivity contribution in [3.63, 3.8) is 0 Å². The predicted octanol–water partition coefficient (Wildman–Crippen LogP) is 1.05. The van der Waals surface area contributed by atoms with Crippen molar-refractivity contribution in [1.82, 2.24) is 15.0 Å². The van der Waals surface area contributed by atoms with Crippen LogP contribution in [0.1, 0.15) is 16.3 Å². The van der Waals surface area contributed by atoms with Gasteiger partial charge in [-0.15, -0.1) is 0 Å².